The predicted octanol–water partition coefficient (Wildman–Crippen LogP) is 2.66. The van der Waals surface area contributed by atoms with Gasteiger partial charge in [-0.3, -0.25) is 0 Å². The Bertz CT molecular complexity index is 487. The summed E-state index contributed by atoms with van der Waals surface area (Å²) in [5, 5.41) is 12.0. The van der Waals surface area contributed by atoms with E-state index in [-0.39, 0.29) is 18.6 Å². The number of hydrogen-bond acceptors (Lipinski definition) is 2. The SMILES string of the molecule is CC(O)CN(C)C(=O)NC(C)Cc1ccc(C(F)(F)F)cc1. The summed E-state index contributed by atoms with van der Waals surface area (Å²) in [6, 6.07) is 4.31. The third-order valence-electron chi connectivity index (χ3n) is 3.08. The van der Waals surface area contributed by atoms with Gasteiger partial charge in [-0.05, 0) is 38.0 Å². The second-order valence-electron chi connectivity index (χ2n) is 5.48. The minimum absolute atomic E-state index is 0.207. The van der Waals surface area contributed by atoms with Crippen molar-refractivity contribution in [3.05, 3.63) is 35.4 Å². The van der Waals surface area contributed by atoms with Gasteiger partial charge in [0.15, 0.2) is 0 Å². The number of amides is 2. The number of carbonyl (C=O) groups is 1. The Kier molecular flexibility index (Phi) is 6.22. The standard InChI is InChI=1S/C15H21F3N2O2/c1-10(19-14(22)20(3)9-11(2)21)8-12-4-6-13(7-5-12)15(16,17)18/h4-7,10-11,21H,8-9H2,1-3H3,(H,19,22). The number of hydrogen-bond donors (Lipinski definition) is 2. The number of aliphatic hydroxyl groups excluding tert-OH is 1. The van der Waals surface area contributed by atoms with Crippen LogP contribution in [-0.2, 0) is 12.6 Å². The smallest absolute Gasteiger partial charge is 0.392 e. The fraction of sp³-hybridized carbons (Fsp3) is 0.533. The molecule has 0 spiro atoms. The van der Waals surface area contributed by atoms with E-state index in [1.54, 1.807) is 20.9 Å². The highest BCUT2D eigenvalue weighted by Crippen LogP contribution is 2.29. The van der Waals surface area contributed by atoms with Gasteiger partial charge in [0.05, 0.1) is 11.7 Å². The molecule has 0 aliphatic heterocycles. The summed E-state index contributed by atoms with van der Waals surface area (Å²) in [6.07, 6.45) is -4.55. The number of carbonyl (C=O) groups excluding carboxylic acids is 1. The Morgan fingerprint density at radius 3 is 2.27 bits per heavy atom. The van der Waals surface area contributed by atoms with Gasteiger partial charge < -0.3 is 15.3 Å². The van der Waals surface area contributed by atoms with Crippen molar-refractivity contribution < 1.29 is 23.1 Å². The molecule has 0 aromatic heterocycles. The van der Waals surface area contributed by atoms with Crippen LogP contribution in [0.2, 0.25) is 0 Å². The number of urea groups is 1. The van der Waals surface area contributed by atoms with E-state index in [1.165, 1.54) is 17.0 Å². The molecule has 2 N–H and O–H groups in total. The van der Waals surface area contributed by atoms with Crippen molar-refractivity contribution in [2.24, 2.45) is 0 Å². The molecule has 0 fully saturated rings. The van der Waals surface area contributed by atoms with Crippen LogP contribution in [-0.4, -0.2) is 41.8 Å². The monoisotopic (exact) mass is 318 g/mol. The number of halogens is 3. The summed E-state index contributed by atoms with van der Waals surface area (Å²) in [5.41, 5.74) is 0.0172. The third-order valence-corrected chi connectivity index (χ3v) is 3.08. The lowest BCUT2D eigenvalue weighted by atomic mass is 10.1. The van der Waals surface area contributed by atoms with E-state index in [9.17, 15) is 23.1 Å². The first-order chi connectivity index (χ1) is 10.1. The molecule has 2 unspecified atom stereocenters. The lowest BCUT2D eigenvalue weighted by Gasteiger charge is -2.22. The Labute approximate surface area is 127 Å². The molecule has 0 saturated carbocycles. The Morgan fingerprint density at radius 1 is 1.27 bits per heavy atom. The lowest BCUT2D eigenvalue weighted by Crippen LogP contribution is -2.44. The molecule has 2 atom stereocenters. The number of rotatable bonds is 5. The Hall–Kier alpha value is -1.76. The predicted molar refractivity (Wildman–Crippen MR) is 77.5 cm³/mol. The van der Waals surface area contributed by atoms with E-state index < -0.39 is 17.8 Å². The summed E-state index contributed by atoms with van der Waals surface area (Å²) >= 11 is 0. The molecule has 4 nitrogen and oxygen atoms in total. The summed E-state index contributed by atoms with van der Waals surface area (Å²) in [4.78, 5) is 13.2. The number of nitrogens with one attached hydrogen (secondary N) is 1. The average Bonchev–Trinajstić information content (AvgIpc) is 2.37. The molecule has 0 aliphatic carbocycles. The first kappa shape index (κ1) is 18.3. The molecule has 1 aromatic carbocycles. The van der Waals surface area contributed by atoms with Crippen LogP contribution >= 0.6 is 0 Å². The fourth-order valence-electron chi connectivity index (χ4n) is 2.03. The van der Waals surface area contributed by atoms with Crippen molar-refractivity contribution in [1.29, 1.82) is 0 Å². The molecule has 0 radical (unpaired) electrons. The van der Waals surface area contributed by atoms with E-state index in [0.717, 1.165) is 12.1 Å². The van der Waals surface area contributed by atoms with Gasteiger partial charge in [0.2, 0.25) is 0 Å². The summed E-state index contributed by atoms with van der Waals surface area (Å²) in [5.74, 6) is 0. The molecule has 0 heterocycles. The minimum Gasteiger partial charge on any atom is -0.392 e. The Balaban J connectivity index is 2.54. The maximum atomic E-state index is 12.5. The molecule has 0 saturated heterocycles. The third kappa shape index (κ3) is 5.93. The highest BCUT2D eigenvalue weighted by Gasteiger charge is 2.29. The van der Waals surface area contributed by atoms with E-state index in [1.807, 2.05) is 0 Å². The van der Waals surface area contributed by atoms with Gasteiger partial charge in [-0.15, -0.1) is 0 Å². The highest BCUT2D eigenvalue weighted by atomic mass is 19.4. The van der Waals surface area contributed by atoms with Crippen LogP contribution in [0.25, 0.3) is 0 Å². The topological polar surface area (TPSA) is 52.6 Å². The number of benzene rings is 1. The largest absolute Gasteiger partial charge is 0.416 e. The van der Waals surface area contributed by atoms with Crippen molar-refractivity contribution in [3.8, 4) is 0 Å². The number of likely N-dealkylation sites (N-methyl/N-ethyl adjacent to an activating group) is 1. The van der Waals surface area contributed by atoms with Crippen molar-refractivity contribution in [2.45, 2.75) is 38.6 Å². The van der Waals surface area contributed by atoms with Crippen molar-refractivity contribution in [1.82, 2.24) is 10.2 Å². The zero-order valence-corrected chi connectivity index (χ0v) is 12.8. The molecule has 0 bridgehead atoms. The fourth-order valence-corrected chi connectivity index (χ4v) is 2.03. The lowest BCUT2D eigenvalue weighted by molar-refractivity contribution is -0.137. The molecular weight excluding hydrogens is 297 g/mol. The normalized spacial score (nSPS) is 14.3. The zero-order valence-electron chi connectivity index (χ0n) is 12.8. The quantitative estimate of drug-likeness (QED) is 0.877. The van der Waals surface area contributed by atoms with Gasteiger partial charge in [-0.25, -0.2) is 4.79 Å². The molecule has 7 heteroatoms. The van der Waals surface area contributed by atoms with Crippen molar-refractivity contribution in [2.75, 3.05) is 13.6 Å². The van der Waals surface area contributed by atoms with E-state index in [0.29, 0.717) is 12.0 Å². The van der Waals surface area contributed by atoms with E-state index in [4.69, 9.17) is 0 Å². The Morgan fingerprint density at radius 2 is 1.82 bits per heavy atom. The molecule has 1 aromatic rings. The summed E-state index contributed by atoms with van der Waals surface area (Å²) < 4.78 is 37.4. The molecule has 22 heavy (non-hydrogen) atoms. The maximum absolute atomic E-state index is 12.5. The van der Waals surface area contributed by atoms with Gasteiger partial charge in [-0.1, -0.05) is 12.1 Å². The zero-order chi connectivity index (χ0) is 16.9. The van der Waals surface area contributed by atoms with Gasteiger partial charge >= 0.3 is 12.2 Å². The molecular formula is C15H21F3N2O2. The van der Waals surface area contributed by atoms with Crippen LogP contribution in [0.15, 0.2) is 24.3 Å². The number of aliphatic hydroxyl groups is 1. The van der Waals surface area contributed by atoms with Gasteiger partial charge in [0.1, 0.15) is 0 Å². The molecule has 0 aliphatic rings. The summed E-state index contributed by atoms with van der Waals surface area (Å²) in [7, 11) is 1.56. The van der Waals surface area contributed by atoms with Crippen LogP contribution in [0, 0.1) is 0 Å². The van der Waals surface area contributed by atoms with Crippen LogP contribution in [0.4, 0.5) is 18.0 Å². The number of alkyl halides is 3. The summed E-state index contributed by atoms with van der Waals surface area (Å²) in [6.45, 7) is 3.56. The first-order valence-electron chi connectivity index (χ1n) is 6.95. The maximum Gasteiger partial charge on any atom is 0.416 e. The number of nitrogens with zero attached hydrogens (tertiary/aromatic N) is 1. The van der Waals surface area contributed by atoms with Crippen molar-refractivity contribution in [3.63, 3.8) is 0 Å². The second kappa shape index (κ2) is 7.49. The highest BCUT2D eigenvalue weighted by molar-refractivity contribution is 5.74. The van der Waals surface area contributed by atoms with Crippen LogP contribution in [0.1, 0.15) is 25.0 Å². The van der Waals surface area contributed by atoms with E-state index in [2.05, 4.69) is 5.32 Å². The average molecular weight is 318 g/mol. The minimum atomic E-state index is -4.35. The van der Waals surface area contributed by atoms with Crippen LogP contribution in [0.3, 0.4) is 0 Å². The van der Waals surface area contributed by atoms with Crippen molar-refractivity contribution >= 4 is 6.03 Å². The van der Waals surface area contributed by atoms with Gasteiger partial charge in [-0.2, -0.15) is 13.2 Å². The van der Waals surface area contributed by atoms with Gasteiger partial charge in [0, 0.05) is 19.6 Å². The molecule has 2 amide bonds. The van der Waals surface area contributed by atoms with Crippen LogP contribution in [0.5, 0.6) is 0 Å². The first-order valence-corrected chi connectivity index (χ1v) is 6.95. The van der Waals surface area contributed by atoms with Gasteiger partial charge in [0.25, 0.3) is 0 Å². The molecule has 124 valence electrons. The molecule has 1 rings (SSSR count). The van der Waals surface area contributed by atoms with Crippen LogP contribution < -0.4 is 5.32 Å². The second-order valence-corrected chi connectivity index (χ2v) is 5.48. The van der Waals surface area contributed by atoms with E-state index >= 15 is 0 Å².